The molecule has 0 bridgehead atoms. The first-order valence-electron chi connectivity index (χ1n) is 10.1. The molecule has 0 radical (unpaired) electrons. The first kappa shape index (κ1) is 18.8. The van der Waals surface area contributed by atoms with Crippen molar-refractivity contribution in [1.82, 2.24) is 9.78 Å². The van der Waals surface area contributed by atoms with Crippen molar-refractivity contribution in [1.29, 1.82) is 0 Å². The maximum Gasteiger partial charge on any atom is 0.363 e. The van der Waals surface area contributed by atoms with Crippen LogP contribution in [0.4, 0.5) is 5.82 Å². The number of hydrogen-bond acceptors (Lipinski definition) is 6. The molecule has 0 N–H and O–H groups in total. The van der Waals surface area contributed by atoms with Crippen LogP contribution in [0, 0.1) is 13.8 Å². The summed E-state index contributed by atoms with van der Waals surface area (Å²) in [5.74, 6) is 0.961. The normalized spacial score (nSPS) is 17.7. The third-order valence-corrected chi connectivity index (χ3v) is 6.33. The van der Waals surface area contributed by atoms with Crippen molar-refractivity contribution in [3.8, 4) is 5.69 Å². The second-order valence-electron chi connectivity index (χ2n) is 7.51. The van der Waals surface area contributed by atoms with Gasteiger partial charge in [0, 0.05) is 23.5 Å². The van der Waals surface area contributed by atoms with Crippen LogP contribution < -0.4 is 4.90 Å². The van der Waals surface area contributed by atoms with E-state index in [1.54, 1.807) is 11.3 Å². The molecule has 1 aromatic carbocycles. The summed E-state index contributed by atoms with van der Waals surface area (Å²) in [5.41, 5.74) is 3.09. The Bertz CT molecular complexity index is 1170. The molecule has 2 aliphatic rings. The third-order valence-electron chi connectivity index (χ3n) is 5.34. The minimum absolute atomic E-state index is 0.312. The van der Waals surface area contributed by atoms with Crippen molar-refractivity contribution in [2.24, 2.45) is 4.99 Å². The lowest BCUT2D eigenvalue weighted by Gasteiger charge is -2.20. The number of carbonyl (C=O) groups excluding carboxylic acids is 1. The van der Waals surface area contributed by atoms with Gasteiger partial charge >= 0.3 is 5.97 Å². The lowest BCUT2D eigenvalue weighted by molar-refractivity contribution is -0.129. The van der Waals surface area contributed by atoms with Crippen LogP contribution >= 0.6 is 11.3 Å². The molecule has 0 amide bonds. The van der Waals surface area contributed by atoms with Gasteiger partial charge in [0.15, 0.2) is 5.70 Å². The first-order chi connectivity index (χ1) is 14.6. The van der Waals surface area contributed by atoms with E-state index in [2.05, 4.69) is 9.89 Å². The van der Waals surface area contributed by atoms with Crippen molar-refractivity contribution >= 4 is 35.1 Å². The molecule has 4 heterocycles. The summed E-state index contributed by atoms with van der Waals surface area (Å²) in [5, 5.41) is 4.80. The summed E-state index contributed by atoms with van der Waals surface area (Å²) in [6, 6.07) is 14.0. The summed E-state index contributed by atoms with van der Waals surface area (Å²) in [6.07, 6.45) is 4.12. The number of aryl methyl sites for hydroxylation is 2. The van der Waals surface area contributed by atoms with Crippen molar-refractivity contribution < 1.29 is 9.53 Å². The minimum atomic E-state index is -0.421. The van der Waals surface area contributed by atoms with E-state index < -0.39 is 5.97 Å². The van der Waals surface area contributed by atoms with Crippen LogP contribution in [0.15, 0.2) is 53.2 Å². The highest BCUT2D eigenvalue weighted by Gasteiger charge is 2.28. The number of nitrogens with zero attached hydrogens (tertiary/aromatic N) is 4. The van der Waals surface area contributed by atoms with Crippen molar-refractivity contribution in [2.75, 3.05) is 18.0 Å². The average molecular weight is 419 g/mol. The first-order valence-corrected chi connectivity index (χ1v) is 10.9. The number of aliphatic imine (C=N–C) groups is 1. The molecule has 1 fully saturated rings. The van der Waals surface area contributed by atoms with E-state index in [4.69, 9.17) is 9.84 Å². The second-order valence-corrected chi connectivity index (χ2v) is 8.80. The third kappa shape index (κ3) is 3.35. The molecule has 3 aromatic rings. The Hall–Kier alpha value is -3.19. The lowest BCUT2D eigenvalue weighted by atomic mass is 10.2. The highest BCUT2D eigenvalue weighted by atomic mass is 32.1. The Morgan fingerprint density at radius 2 is 1.83 bits per heavy atom. The molecule has 152 valence electrons. The van der Waals surface area contributed by atoms with Crippen LogP contribution in [0.5, 0.6) is 0 Å². The van der Waals surface area contributed by atoms with Crippen molar-refractivity contribution in [3.63, 3.8) is 0 Å². The number of thiophene rings is 1. The van der Waals surface area contributed by atoms with Gasteiger partial charge in [-0.05, 0) is 57.0 Å². The predicted octanol–water partition coefficient (Wildman–Crippen LogP) is 4.50. The molecule has 0 spiro atoms. The molecule has 0 unspecified atom stereocenters. The largest absolute Gasteiger partial charge is 0.401 e. The molecule has 2 aromatic heterocycles. The number of aromatic nitrogens is 2. The zero-order valence-electron chi connectivity index (χ0n) is 17.0. The van der Waals surface area contributed by atoms with Crippen LogP contribution in [0.3, 0.4) is 0 Å². The molecular weight excluding hydrogens is 396 g/mol. The van der Waals surface area contributed by atoms with E-state index in [0.29, 0.717) is 11.6 Å². The quantitative estimate of drug-likeness (QED) is 0.463. The van der Waals surface area contributed by atoms with Gasteiger partial charge in [-0.1, -0.05) is 18.2 Å². The summed E-state index contributed by atoms with van der Waals surface area (Å²) < 4.78 is 7.43. The zero-order valence-corrected chi connectivity index (χ0v) is 17.8. The Kier molecular flexibility index (Phi) is 4.75. The number of carbonyl (C=O) groups is 1. The Morgan fingerprint density at radius 1 is 1.07 bits per heavy atom. The van der Waals surface area contributed by atoms with Gasteiger partial charge < -0.3 is 9.64 Å². The van der Waals surface area contributed by atoms with Crippen LogP contribution in [0.1, 0.15) is 33.9 Å². The number of cyclic esters (lactones) is 1. The molecule has 6 nitrogen and oxygen atoms in total. The molecule has 0 saturated carbocycles. The molecule has 7 heteroatoms. The van der Waals surface area contributed by atoms with Gasteiger partial charge in [-0.15, -0.1) is 11.3 Å². The van der Waals surface area contributed by atoms with E-state index in [1.165, 1.54) is 0 Å². The fourth-order valence-corrected chi connectivity index (χ4v) is 4.67. The highest BCUT2D eigenvalue weighted by molar-refractivity contribution is 7.14. The summed E-state index contributed by atoms with van der Waals surface area (Å²) in [7, 11) is 0. The highest BCUT2D eigenvalue weighted by Crippen LogP contribution is 2.33. The Balaban J connectivity index is 1.61. The lowest BCUT2D eigenvalue weighted by Crippen LogP contribution is -2.22. The number of esters is 1. The van der Waals surface area contributed by atoms with Crippen LogP contribution in [-0.4, -0.2) is 34.7 Å². The van der Waals surface area contributed by atoms with Gasteiger partial charge in [0.1, 0.15) is 5.82 Å². The molecule has 0 atom stereocenters. The van der Waals surface area contributed by atoms with Gasteiger partial charge in [-0.2, -0.15) is 5.10 Å². The molecular formula is C23H22N4O2S. The molecule has 30 heavy (non-hydrogen) atoms. The smallest absolute Gasteiger partial charge is 0.363 e. The summed E-state index contributed by atoms with van der Waals surface area (Å²) >= 11 is 1.56. The number of ether oxygens (including phenoxy) is 1. The van der Waals surface area contributed by atoms with Gasteiger partial charge in [0.05, 0.1) is 16.3 Å². The number of rotatable bonds is 4. The molecule has 2 aliphatic heterocycles. The SMILES string of the molecule is Cc1ccc(C2=NC(=Cc3c(C)nn(-c4ccccc4)c3N3CCCC3)C(=O)O2)s1. The minimum Gasteiger partial charge on any atom is -0.401 e. The zero-order chi connectivity index (χ0) is 20.7. The predicted molar refractivity (Wildman–Crippen MR) is 119 cm³/mol. The molecule has 0 aliphatic carbocycles. The topological polar surface area (TPSA) is 59.7 Å². The summed E-state index contributed by atoms with van der Waals surface area (Å²) in [4.78, 5) is 21.4. The maximum atomic E-state index is 12.5. The Labute approximate surface area is 179 Å². The number of para-hydroxylation sites is 1. The average Bonchev–Trinajstić information content (AvgIpc) is 3.52. The van der Waals surface area contributed by atoms with Gasteiger partial charge in [0.2, 0.25) is 5.90 Å². The van der Waals surface area contributed by atoms with E-state index in [-0.39, 0.29) is 0 Å². The fraction of sp³-hybridized carbons (Fsp3) is 0.261. The maximum absolute atomic E-state index is 12.5. The molecule has 5 rings (SSSR count). The van der Waals surface area contributed by atoms with Gasteiger partial charge in [-0.25, -0.2) is 14.5 Å². The number of hydrogen-bond donors (Lipinski definition) is 0. The monoisotopic (exact) mass is 418 g/mol. The van der Waals surface area contributed by atoms with Crippen molar-refractivity contribution in [2.45, 2.75) is 26.7 Å². The molecule has 1 saturated heterocycles. The number of anilines is 1. The Morgan fingerprint density at radius 3 is 2.53 bits per heavy atom. The number of benzene rings is 1. The van der Waals surface area contributed by atoms with E-state index in [9.17, 15) is 4.79 Å². The van der Waals surface area contributed by atoms with E-state index >= 15 is 0 Å². The van der Waals surface area contributed by atoms with E-state index in [1.807, 2.05) is 67.1 Å². The summed E-state index contributed by atoms with van der Waals surface area (Å²) in [6.45, 7) is 5.94. The van der Waals surface area contributed by atoms with Crippen LogP contribution in [0.25, 0.3) is 11.8 Å². The van der Waals surface area contributed by atoms with Crippen LogP contribution in [0.2, 0.25) is 0 Å². The van der Waals surface area contributed by atoms with Gasteiger partial charge in [0.25, 0.3) is 0 Å². The van der Waals surface area contributed by atoms with Crippen LogP contribution in [-0.2, 0) is 9.53 Å². The fourth-order valence-electron chi connectivity index (χ4n) is 3.88. The van der Waals surface area contributed by atoms with E-state index in [0.717, 1.165) is 58.4 Å². The van der Waals surface area contributed by atoms with Gasteiger partial charge in [-0.3, -0.25) is 0 Å². The van der Waals surface area contributed by atoms with Crippen molar-refractivity contribution in [3.05, 3.63) is 69.2 Å². The second kappa shape index (κ2) is 7.57. The standard InChI is InChI=1S/C23H22N4O2S/c1-15-10-11-20(30-15)21-24-19(23(28)29-21)14-18-16(2)25-27(17-8-4-3-5-9-17)22(18)26-12-6-7-13-26/h3-5,8-11,14H,6-7,12-13H2,1-2H3.